The van der Waals surface area contributed by atoms with Crippen molar-refractivity contribution in [1.82, 2.24) is 0 Å². The Bertz CT molecular complexity index is 320. The molecule has 0 amide bonds. The molecule has 3 nitrogen and oxygen atoms in total. The minimum atomic E-state index is -0.376. The molecular formula is C9H11BrFNO2. The molecule has 0 aliphatic rings. The van der Waals surface area contributed by atoms with Crippen LogP contribution in [0.25, 0.3) is 0 Å². The first-order chi connectivity index (χ1) is 6.70. The summed E-state index contributed by atoms with van der Waals surface area (Å²) in [6, 6.07) is 3.29. The van der Waals surface area contributed by atoms with Gasteiger partial charge < -0.3 is 9.57 Å². The van der Waals surface area contributed by atoms with E-state index < -0.39 is 0 Å². The molecule has 0 aliphatic carbocycles. The highest BCUT2D eigenvalue weighted by Gasteiger charge is 2.11. The molecule has 78 valence electrons. The Morgan fingerprint density at radius 2 is 2.21 bits per heavy atom. The van der Waals surface area contributed by atoms with Crippen LogP contribution in [0.2, 0.25) is 0 Å². The fourth-order valence-electron chi connectivity index (χ4n) is 1.12. The molecule has 14 heavy (non-hydrogen) atoms. The van der Waals surface area contributed by atoms with Crippen molar-refractivity contribution in [3.63, 3.8) is 0 Å². The molecule has 1 aromatic carbocycles. The summed E-state index contributed by atoms with van der Waals surface area (Å²) < 4.78 is 19.1. The van der Waals surface area contributed by atoms with Gasteiger partial charge >= 0.3 is 0 Å². The normalized spacial score (nSPS) is 10.3. The zero-order valence-electron chi connectivity index (χ0n) is 7.72. The number of ether oxygens (including phenoxy) is 1. The standard InChI is InChI=1S/C9H11BrFNO2/c1-13-8-3-2-7(10)6(9(8)11)4-5-14-12/h2-3H,4-5,12H2,1H3. The predicted molar refractivity (Wildman–Crippen MR) is 54.5 cm³/mol. The molecule has 1 aromatic rings. The summed E-state index contributed by atoms with van der Waals surface area (Å²) in [6.07, 6.45) is 0.403. The maximum Gasteiger partial charge on any atom is 0.169 e. The first-order valence-electron chi connectivity index (χ1n) is 4.03. The van der Waals surface area contributed by atoms with Crippen LogP contribution in [0.15, 0.2) is 16.6 Å². The van der Waals surface area contributed by atoms with Crippen molar-refractivity contribution < 1.29 is 14.0 Å². The topological polar surface area (TPSA) is 44.5 Å². The molecule has 0 unspecified atom stereocenters. The van der Waals surface area contributed by atoms with E-state index in [1.54, 1.807) is 12.1 Å². The lowest BCUT2D eigenvalue weighted by Crippen LogP contribution is -2.06. The minimum absolute atomic E-state index is 0.222. The maximum atomic E-state index is 13.6. The van der Waals surface area contributed by atoms with Gasteiger partial charge in [-0.1, -0.05) is 15.9 Å². The Kier molecular flexibility index (Phi) is 4.31. The van der Waals surface area contributed by atoms with Crippen LogP contribution in [0.3, 0.4) is 0 Å². The maximum absolute atomic E-state index is 13.6. The predicted octanol–water partition coefficient (Wildman–Crippen LogP) is 2.03. The van der Waals surface area contributed by atoms with E-state index in [0.717, 1.165) is 0 Å². The van der Waals surface area contributed by atoms with E-state index in [1.807, 2.05) is 0 Å². The quantitative estimate of drug-likeness (QED) is 0.846. The Balaban J connectivity index is 2.99. The van der Waals surface area contributed by atoms with E-state index in [1.165, 1.54) is 7.11 Å². The van der Waals surface area contributed by atoms with Gasteiger partial charge in [0.05, 0.1) is 13.7 Å². The molecule has 0 aromatic heterocycles. The third-order valence-electron chi connectivity index (χ3n) is 1.84. The lowest BCUT2D eigenvalue weighted by atomic mass is 10.1. The van der Waals surface area contributed by atoms with Gasteiger partial charge in [-0.25, -0.2) is 10.3 Å². The fraction of sp³-hybridized carbons (Fsp3) is 0.333. The first-order valence-corrected chi connectivity index (χ1v) is 4.82. The Hall–Kier alpha value is -0.650. The van der Waals surface area contributed by atoms with E-state index >= 15 is 0 Å². The van der Waals surface area contributed by atoms with Gasteiger partial charge in [0.25, 0.3) is 0 Å². The second-order valence-corrected chi connectivity index (χ2v) is 3.52. The van der Waals surface area contributed by atoms with Crippen molar-refractivity contribution in [1.29, 1.82) is 0 Å². The number of halogens is 2. The van der Waals surface area contributed by atoms with Crippen molar-refractivity contribution in [2.75, 3.05) is 13.7 Å². The number of hydrogen-bond donors (Lipinski definition) is 1. The zero-order chi connectivity index (χ0) is 10.6. The first kappa shape index (κ1) is 11.4. The average Bonchev–Trinajstić information content (AvgIpc) is 2.18. The van der Waals surface area contributed by atoms with Gasteiger partial charge in [-0.2, -0.15) is 0 Å². The van der Waals surface area contributed by atoms with E-state index in [4.69, 9.17) is 10.6 Å². The molecule has 1 rings (SSSR count). The van der Waals surface area contributed by atoms with Crippen molar-refractivity contribution in [2.45, 2.75) is 6.42 Å². The summed E-state index contributed by atoms with van der Waals surface area (Å²) in [4.78, 5) is 4.40. The van der Waals surface area contributed by atoms with Gasteiger partial charge in [0, 0.05) is 16.5 Å². The molecule has 0 spiro atoms. The average molecular weight is 264 g/mol. The second-order valence-electron chi connectivity index (χ2n) is 2.66. The van der Waals surface area contributed by atoms with Gasteiger partial charge in [0.15, 0.2) is 11.6 Å². The molecule has 5 heteroatoms. The molecule has 0 bridgehead atoms. The van der Waals surface area contributed by atoms with E-state index in [9.17, 15) is 4.39 Å². The van der Waals surface area contributed by atoms with Crippen LogP contribution < -0.4 is 10.6 Å². The third kappa shape index (κ3) is 2.43. The van der Waals surface area contributed by atoms with Gasteiger partial charge in [-0.15, -0.1) is 0 Å². The van der Waals surface area contributed by atoms with Crippen LogP contribution in [-0.2, 0) is 11.3 Å². The summed E-state index contributed by atoms with van der Waals surface area (Å²) in [6.45, 7) is 0.267. The van der Waals surface area contributed by atoms with E-state index in [2.05, 4.69) is 20.8 Å². The Morgan fingerprint density at radius 3 is 2.79 bits per heavy atom. The molecule has 0 saturated heterocycles. The van der Waals surface area contributed by atoms with Crippen LogP contribution in [0.4, 0.5) is 4.39 Å². The van der Waals surface area contributed by atoms with Gasteiger partial charge in [-0.3, -0.25) is 0 Å². The summed E-state index contributed by atoms with van der Waals surface area (Å²) in [5, 5.41) is 0. The molecule has 0 atom stereocenters. The number of nitrogens with two attached hydrogens (primary N) is 1. The summed E-state index contributed by atoms with van der Waals surface area (Å²) in [5.41, 5.74) is 0.509. The number of benzene rings is 1. The van der Waals surface area contributed by atoms with Crippen molar-refractivity contribution in [3.05, 3.63) is 28.0 Å². The highest BCUT2D eigenvalue weighted by atomic mass is 79.9. The SMILES string of the molecule is COc1ccc(Br)c(CCON)c1F. The molecule has 0 aliphatic heterocycles. The summed E-state index contributed by atoms with van der Waals surface area (Å²) in [7, 11) is 1.43. The second kappa shape index (κ2) is 5.29. The third-order valence-corrected chi connectivity index (χ3v) is 2.58. The molecular weight excluding hydrogens is 253 g/mol. The number of methoxy groups -OCH3 is 1. The van der Waals surface area contributed by atoms with E-state index in [-0.39, 0.29) is 18.2 Å². The highest BCUT2D eigenvalue weighted by molar-refractivity contribution is 9.10. The van der Waals surface area contributed by atoms with Crippen LogP contribution in [0.1, 0.15) is 5.56 Å². The zero-order valence-corrected chi connectivity index (χ0v) is 9.30. The van der Waals surface area contributed by atoms with Crippen LogP contribution in [0.5, 0.6) is 5.75 Å². The van der Waals surface area contributed by atoms with Crippen LogP contribution in [-0.4, -0.2) is 13.7 Å². The number of hydrogen-bond acceptors (Lipinski definition) is 3. The lowest BCUT2D eigenvalue weighted by molar-refractivity contribution is 0.140. The van der Waals surface area contributed by atoms with E-state index in [0.29, 0.717) is 16.5 Å². The molecule has 0 radical (unpaired) electrons. The summed E-state index contributed by atoms with van der Waals surface area (Å²) in [5.74, 6) is 4.72. The van der Waals surface area contributed by atoms with Crippen molar-refractivity contribution >= 4 is 15.9 Å². The van der Waals surface area contributed by atoms with Crippen molar-refractivity contribution in [2.24, 2.45) is 5.90 Å². The monoisotopic (exact) mass is 263 g/mol. The fourth-order valence-corrected chi connectivity index (χ4v) is 1.63. The smallest absolute Gasteiger partial charge is 0.169 e. The minimum Gasteiger partial charge on any atom is -0.494 e. The Morgan fingerprint density at radius 1 is 1.50 bits per heavy atom. The Labute approximate surface area is 90.1 Å². The van der Waals surface area contributed by atoms with Gasteiger partial charge in [0.2, 0.25) is 0 Å². The van der Waals surface area contributed by atoms with Crippen LogP contribution in [0, 0.1) is 5.82 Å². The molecule has 0 saturated carbocycles. The molecule has 0 fully saturated rings. The lowest BCUT2D eigenvalue weighted by Gasteiger charge is -2.08. The molecule has 2 N–H and O–H groups in total. The summed E-state index contributed by atoms with van der Waals surface area (Å²) >= 11 is 3.25. The largest absolute Gasteiger partial charge is 0.494 e. The highest BCUT2D eigenvalue weighted by Crippen LogP contribution is 2.27. The van der Waals surface area contributed by atoms with Gasteiger partial charge in [0.1, 0.15) is 0 Å². The van der Waals surface area contributed by atoms with Crippen molar-refractivity contribution in [3.8, 4) is 5.75 Å². The number of rotatable bonds is 4. The van der Waals surface area contributed by atoms with Gasteiger partial charge in [-0.05, 0) is 12.1 Å². The molecule has 0 heterocycles. The van der Waals surface area contributed by atoms with Crippen LogP contribution >= 0.6 is 15.9 Å².